The minimum atomic E-state index is -0.411. The van der Waals surface area contributed by atoms with Gasteiger partial charge in [0.25, 0.3) is 5.91 Å². The molecule has 0 bridgehead atoms. The van der Waals surface area contributed by atoms with Crippen LogP contribution in [-0.4, -0.2) is 44.0 Å². The standard InChI is InChI=1S/C23H27N3O4/c1-2-30-14-6-13-24-22(28)17-9-11-19(12-10-17)25-23(29)18-15-21(27)26(16-18)20-7-4-3-5-8-20/h3-5,7-12,18H,2,6,13-16H2,1H3,(H,24,28)(H,25,29). The highest BCUT2D eigenvalue weighted by atomic mass is 16.5. The fraction of sp³-hybridized carbons (Fsp3) is 0.348. The molecule has 0 aromatic heterocycles. The monoisotopic (exact) mass is 409 g/mol. The van der Waals surface area contributed by atoms with Gasteiger partial charge in [-0.1, -0.05) is 18.2 Å². The molecule has 0 spiro atoms. The summed E-state index contributed by atoms with van der Waals surface area (Å²) < 4.78 is 5.24. The molecule has 1 aliphatic rings. The highest BCUT2D eigenvalue weighted by molar-refractivity contribution is 6.03. The molecule has 1 unspecified atom stereocenters. The Morgan fingerprint density at radius 2 is 1.83 bits per heavy atom. The molecular formula is C23H27N3O4. The molecule has 2 aromatic carbocycles. The summed E-state index contributed by atoms with van der Waals surface area (Å²) >= 11 is 0. The average Bonchev–Trinajstić information content (AvgIpc) is 3.16. The Labute approximate surface area is 176 Å². The normalized spacial score (nSPS) is 15.8. The van der Waals surface area contributed by atoms with E-state index in [0.717, 1.165) is 12.1 Å². The summed E-state index contributed by atoms with van der Waals surface area (Å²) in [5.41, 5.74) is 1.92. The zero-order valence-electron chi connectivity index (χ0n) is 17.1. The molecule has 2 aromatic rings. The van der Waals surface area contributed by atoms with Gasteiger partial charge in [-0.25, -0.2) is 0 Å². The fourth-order valence-corrected chi connectivity index (χ4v) is 3.31. The van der Waals surface area contributed by atoms with Crippen LogP contribution in [0, 0.1) is 5.92 Å². The Hall–Kier alpha value is -3.19. The van der Waals surface area contributed by atoms with E-state index in [4.69, 9.17) is 4.74 Å². The van der Waals surface area contributed by atoms with E-state index in [-0.39, 0.29) is 24.1 Å². The number of carbonyl (C=O) groups is 3. The van der Waals surface area contributed by atoms with Gasteiger partial charge < -0.3 is 20.3 Å². The molecule has 7 nitrogen and oxygen atoms in total. The molecule has 3 amide bonds. The second-order valence-electron chi connectivity index (χ2n) is 7.11. The molecule has 1 atom stereocenters. The zero-order chi connectivity index (χ0) is 21.3. The number of benzene rings is 2. The summed E-state index contributed by atoms with van der Waals surface area (Å²) in [6, 6.07) is 16.1. The summed E-state index contributed by atoms with van der Waals surface area (Å²) in [6.45, 7) is 4.12. The first-order valence-electron chi connectivity index (χ1n) is 10.2. The second-order valence-corrected chi connectivity index (χ2v) is 7.11. The highest BCUT2D eigenvalue weighted by Gasteiger charge is 2.35. The van der Waals surface area contributed by atoms with E-state index in [9.17, 15) is 14.4 Å². The van der Waals surface area contributed by atoms with Crippen molar-refractivity contribution >= 4 is 29.1 Å². The second kappa shape index (κ2) is 10.5. The Morgan fingerprint density at radius 1 is 1.10 bits per heavy atom. The molecule has 2 N–H and O–H groups in total. The van der Waals surface area contributed by atoms with Crippen molar-refractivity contribution in [2.75, 3.05) is 36.5 Å². The number of hydrogen-bond acceptors (Lipinski definition) is 4. The van der Waals surface area contributed by atoms with Crippen molar-refractivity contribution in [3.8, 4) is 0 Å². The van der Waals surface area contributed by atoms with Gasteiger partial charge in [0.05, 0.1) is 5.92 Å². The van der Waals surface area contributed by atoms with Gasteiger partial charge >= 0.3 is 0 Å². The number of nitrogens with zero attached hydrogens (tertiary/aromatic N) is 1. The molecule has 0 aliphatic carbocycles. The molecule has 30 heavy (non-hydrogen) atoms. The van der Waals surface area contributed by atoms with Gasteiger partial charge in [0, 0.05) is 49.7 Å². The Morgan fingerprint density at radius 3 is 2.53 bits per heavy atom. The zero-order valence-corrected chi connectivity index (χ0v) is 17.1. The lowest BCUT2D eigenvalue weighted by Crippen LogP contribution is -2.28. The van der Waals surface area contributed by atoms with Crippen LogP contribution in [0.3, 0.4) is 0 Å². The number of anilines is 2. The van der Waals surface area contributed by atoms with Gasteiger partial charge in [-0.3, -0.25) is 14.4 Å². The lowest BCUT2D eigenvalue weighted by atomic mass is 10.1. The lowest BCUT2D eigenvalue weighted by Gasteiger charge is -2.16. The number of hydrogen-bond donors (Lipinski definition) is 2. The molecule has 0 saturated carbocycles. The summed E-state index contributed by atoms with van der Waals surface area (Å²) in [7, 11) is 0. The quantitative estimate of drug-likeness (QED) is 0.624. The number of amides is 3. The fourth-order valence-electron chi connectivity index (χ4n) is 3.31. The van der Waals surface area contributed by atoms with Gasteiger partial charge in [0.15, 0.2) is 0 Å². The molecular weight excluding hydrogens is 382 g/mol. The predicted molar refractivity (Wildman–Crippen MR) is 115 cm³/mol. The maximum Gasteiger partial charge on any atom is 0.251 e. The molecule has 1 fully saturated rings. The van der Waals surface area contributed by atoms with Gasteiger partial charge in [0.2, 0.25) is 11.8 Å². The van der Waals surface area contributed by atoms with E-state index in [2.05, 4.69) is 10.6 Å². The predicted octanol–water partition coefficient (Wildman–Crippen LogP) is 2.83. The number of para-hydroxylation sites is 1. The van der Waals surface area contributed by atoms with Crippen LogP contribution in [0.25, 0.3) is 0 Å². The molecule has 1 heterocycles. The summed E-state index contributed by atoms with van der Waals surface area (Å²) in [4.78, 5) is 38.7. The van der Waals surface area contributed by atoms with Gasteiger partial charge in [-0.05, 0) is 49.7 Å². The maximum atomic E-state index is 12.6. The molecule has 7 heteroatoms. The molecule has 3 rings (SSSR count). The summed E-state index contributed by atoms with van der Waals surface area (Å²) in [6.07, 6.45) is 0.941. The van der Waals surface area contributed by atoms with Gasteiger partial charge in [-0.2, -0.15) is 0 Å². The number of nitrogens with one attached hydrogen (secondary N) is 2. The van der Waals surface area contributed by atoms with Crippen LogP contribution in [-0.2, 0) is 14.3 Å². The smallest absolute Gasteiger partial charge is 0.251 e. The number of carbonyl (C=O) groups excluding carboxylic acids is 3. The van der Waals surface area contributed by atoms with Crippen molar-refractivity contribution in [1.29, 1.82) is 0 Å². The molecule has 1 saturated heterocycles. The van der Waals surface area contributed by atoms with Crippen molar-refractivity contribution in [3.63, 3.8) is 0 Å². The van der Waals surface area contributed by atoms with E-state index in [1.165, 1.54) is 0 Å². The van der Waals surface area contributed by atoms with Gasteiger partial charge in [-0.15, -0.1) is 0 Å². The van der Waals surface area contributed by atoms with E-state index in [1.807, 2.05) is 37.3 Å². The average molecular weight is 409 g/mol. The van der Waals surface area contributed by atoms with Crippen LogP contribution in [0.2, 0.25) is 0 Å². The van der Waals surface area contributed by atoms with Crippen molar-refractivity contribution < 1.29 is 19.1 Å². The Bertz CT molecular complexity index is 868. The third kappa shape index (κ3) is 5.67. The minimum absolute atomic E-state index is 0.0577. The van der Waals surface area contributed by atoms with Crippen molar-refractivity contribution in [1.82, 2.24) is 5.32 Å². The SMILES string of the molecule is CCOCCCNC(=O)c1ccc(NC(=O)C2CC(=O)N(c3ccccc3)C2)cc1. The van der Waals surface area contributed by atoms with Gasteiger partial charge in [0.1, 0.15) is 0 Å². The van der Waals surface area contributed by atoms with Crippen molar-refractivity contribution in [3.05, 3.63) is 60.2 Å². The van der Waals surface area contributed by atoms with Crippen LogP contribution in [0.1, 0.15) is 30.1 Å². The van der Waals surface area contributed by atoms with E-state index < -0.39 is 5.92 Å². The van der Waals surface area contributed by atoms with Crippen molar-refractivity contribution in [2.45, 2.75) is 19.8 Å². The van der Waals surface area contributed by atoms with E-state index in [1.54, 1.807) is 29.2 Å². The first-order chi connectivity index (χ1) is 14.6. The van der Waals surface area contributed by atoms with E-state index in [0.29, 0.717) is 37.6 Å². The third-order valence-electron chi connectivity index (χ3n) is 4.93. The topological polar surface area (TPSA) is 87.7 Å². The Kier molecular flexibility index (Phi) is 7.57. The maximum absolute atomic E-state index is 12.6. The van der Waals surface area contributed by atoms with Crippen molar-refractivity contribution in [2.24, 2.45) is 5.92 Å². The summed E-state index contributed by atoms with van der Waals surface area (Å²) in [5.74, 6) is -0.831. The minimum Gasteiger partial charge on any atom is -0.382 e. The molecule has 1 aliphatic heterocycles. The van der Waals surface area contributed by atoms with E-state index >= 15 is 0 Å². The number of ether oxygens (including phenoxy) is 1. The van der Waals surface area contributed by atoms with Crippen LogP contribution in [0.4, 0.5) is 11.4 Å². The largest absolute Gasteiger partial charge is 0.382 e. The molecule has 0 radical (unpaired) electrons. The van der Waals surface area contributed by atoms with Crippen LogP contribution >= 0.6 is 0 Å². The lowest BCUT2D eigenvalue weighted by molar-refractivity contribution is -0.122. The van der Waals surface area contributed by atoms with Crippen LogP contribution < -0.4 is 15.5 Å². The molecule has 158 valence electrons. The van der Waals surface area contributed by atoms with Crippen LogP contribution in [0.15, 0.2) is 54.6 Å². The summed E-state index contributed by atoms with van der Waals surface area (Å²) in [5, 5.41) is 5.68. The highest BCUT2D eigenvalue weighted by Crippen LogP contribution is 2.25. The first-order valence-corrected chi connectivity index (χ1v) is 10.2. The Balaban J connectivity index is 1.50. The number of rotatable bonds is 9. The van der Waals surface area contributed by atoms with Crippen LogP contribution in [0.5, 0.6) is 0 Å². The third-order valence-corrected chi connectivity index (χ3v) is 4.93. The first kappa shape index (κ1) is 21.5.